The van der Waals surface area contributed by atoms with E-state index in [1.54, 1.807) is 0 Å². The Morgan fingerprint density at radius 1 is 1.32 bits per heavy atom. The highest BCUT2D eigenvalue weighted by molar-refractivity contribution is 5.43. The van der Waals surface area contributed by atoms with Crippen LogP contribution in [0.25, 0.3) is 0 Å². The Kier molecular flexibility index (Phi) is 3.96. The first-order valence-electron chi connectivity index (χ1n) is 7.77. The standard InChI is InChI=1S/C15H23N7/c1-5-12-18-13-7-6-11(9-22(13)20-12)17-15-16-10(2)8-14(19-15)21(3)4/h8,11H,5-7,9H2,1-4H3,(H,16,17,19)/t11-/m0/s1. The Hall–Kier alpha value is -2.18. The first-order chi connectivity index (χ1) is 10.5. The molecule has 1 aliphatic heterocycles. The van der Waals surface area contributed by atoms with E-state index >= 15 is 0 Å². The summed E-state index contributed by atoms with van der Waals surface area (Å²) in [7, 11) is 3.97. The second-order valence-electron chi connectivity index (χ2n) is 5.95. The van der Waals surface area contributed by atoms with Crippen molar-refractivity contribution in [3.8, 4) is 0 Å². The first kappa shape index (κ1) is 14.7. The van der Waals surface area contributed by atoms with E-state index in [0.29, 0.717) is 5.95 Å². The molecule has 2 aromatic rings. The Morgan fingerprint density at radius 3 is 2.86 bits per heavy atom. The summed E-state index contributed by atoms with van der Waals surface area (Å²) in [6, 6.07) is 2.27. The van der Waals surface area contributed by atoms with Crippen molar-refractivity contribution in [2.24, 2.45) is 0 Å². The fraction of sp³-hybridized carbons (Fsp3) is 0.600. The van der Waals surface area contributed by atoms with Gasteiger partial charge < -0.3 is 10.2 Å². The van der Waals surface area contributed by atoms with Gasteiger partial charge in [0, 0.05) is 44.7 Å². The molecule has 0 saturated heterocycles. The van der Waals surface area contributed by atoms with E-state index in [0.717, 1.165) is 49.0 Å². The predicted octanol–water partition coefficient (Wildman–Crippen LogP) is 1.43. The molecule has 1 aliphatic rings. The molecule has 7 heteroatoms. The third-order valence-electron chi connectivity index (χ3n) is 3.85. The topological polar surface area (TPSA) is 71.8 Å². The van der Waals surface area contributed by atoms with Crippen LogP contribution in [0.15, 0.2) is 6.07 Å². The average Bonchev–Trinajstić information content (AvgIpc) is 2.89. The molecule has 0 unspecified atom stereocenters. The fourth-order valence-corrected chi connectivity index (χ4v) is 2.66. The highest BCUT2D eigenvalue weighted by Crippen LogP contribution is 2.18. The maximum absolute atomic E-state index is 4.56. The van der Waals surface area contributed by atoms with Crippen LogP contribution in [0.2, 0.25) is 0 Å². The van der Waals surface area contributed by atoms with Crippen LogP contribution in [0.1, 0.15) is 30.7 Å². The monoisotopic (exact) mass is 301 g/mol. The zero-order valence-corrected chi connectivity index (χ0v) is 13.7. The van der Waals surface area contributed by atoms with E-state index in [1.165, 1.54) is 0 Å². The zero-order chi connectivity index (χ0) is 15.7. The summed E-state index contributed by atoms with van der Waals surface area (Å²) in [5.41, 5.74) is 0.965. The van der Waals surface area contributed by atoms with Crippen molar-refractivity contribution in [3.05, 3.63) is 23.4 Å². The second kappa shape index (κ2) is 5.90. The van der Waals surface area contributed by atoms with Crippen LogP contribution in [0.5, 0.6) is 0 Å². The fourth-order valence-electron chi connectivity index (χ4n) is 2.66. The second-order valence-corrected chi connectivity index (χ2v) is 5.95. The smallest absolute Gasteiger partial charge is 0.225 e. The Labute approximate surface area is 130 Å². The van der Waals surface area contributed by atoms with Crippen LogP contribution < -0.4 is 10.2 Å². The SMILES string of the molecule is CCc1nc2n(n1)C[C@@H](Nc1nc(C)cc(N(C)C)n1)CC2. The van der Waals surface area contributed by atoms with E-state index in [2.05, 4.69) is 32.3 Å². The molecule has 0 aliphatic carbocycles. The van der Waals surface area contributed by atoms with Gasteiger partial charge in [-0.1, -0.05) is 6.92 Å². The lowest BCUT2D eigenvalue weighted by atomic mass is 10.1. The lowest BCUT2D eigenvalue weighted by molar-refractivity contribution is 0.439. The number of fused-ring (bicyclic) bond motifs is 1. The molecule has 0 aromatic carbocycles. The number of aryl methyl sites for hydroxylation is 3. The van der Waals surface area contributed by atoms with E-state index in [-0.39, 0.29) is 6.04 Å². The Bertz CT molecular complexity index is 662. The zero-order valence-electron chi connectivity index (χ0n) is 13.7. The molecule has 118 valence electrons. The lowest BCUT2D eigenvalue weighted by Gasteiger charge is -2.24. The van der Waals surface area contributed by atoms with Crippen LogP contribution in [-0.4, -0.2) is 44.9 Å². The van der Waals surface area contributed by atoms with Gasteiger partial charge in [0.2, 0.25) is 5.95 Å². The molecule has 1 atom stereocenters. The van der Waals surface area contributed by atoms with Crippen LogP contribution in [0.4, 0.5) is 11.8 Å². The Morgan fingerprint density at radius 2 is 2.14 bits per heavy atom. The van der Waals surface area contributed by atoms with Gasteiger partial charge in [0.15, 0.2) is 5.82 Å². The minimum absolute atomic E-state index is 0.288. The van der Waals surface area contributed by atoms with Gasteiger partial charge in [0.1, 0.15) is 11.6 Å². The molecular formula is C15H23N7. The molecular weight excluding hydrogens is 278 g/mol. The minimum atomic E-state index is 0.288. The first-order valence-corrected chi connectivity index (χ1v) is 7.77. The van der Waals surface area contributed by atoms with E-state index in [4.69, 9.17) is 0 Å². The molecule has 7 nitrogen and oxygen atoms in total. The van der Waals surface area contributed by atoms with E-state index in [9.17, 15) is 0 Å². The van der Waals surface area contributed by atoms with E-state index in [1.807, 2.05) is 36.7 Å². The summed E-state index contributed by atoms with van der Waals surface area (Å²) < 4.78 is 2.02. The van der Waals surface area contributed by atoms with Crippen LogP contribution in [0, 0.1) is 6.92 Å². The number of hydrogen-bond acceptors (Lipinski definition) is 6. The number of rotatable bonds is 4. The quantitative estimate of drug-likeness (QED) is 0.921. The molecule has 0 amide bonds. The van der Waals surface area contributed by atoms with Crippen LogP contribution in [-0.2, 0) is 19.4 Å². The minimum Gasteiger partial charge on any atom is -0.363 e. The molecule has 3 heterocycles. The maximum Gasteiger partial charge on any atom is 0.225 e. The lowest BCUT2D eigenvalue weighted by Crippen LogP contribution is -2.32. The van der Waals surface area contributed by atoms with Crippen molar-refractivity contribution in [2.75, 3.05) is 24.3 Å². The summed E-state index contributed by atoms with van der Waals surface area (Å²) in [5.74, 6) is 3.62. The third-order valence-corrected chi connectivity index (χ3v) is 3.85. The van der Waals surface area contributed by atoms with Gasteiger partial charge in [-0.15, -0.1) is 0 Å². The van der Waals surface area contributed by atoms with E-state index < -0.39 is 0 Å². The summed E-state index contributed by atoms with van der Waals surface area (Å²) in [4.78, 5) is 15.6. The summed E-state index contributed by atoms with van der Waals surface area (Å²) in [5, 5.41) is 7.99. The van der Waals surface area contributed by atoms with Crippen molar-refractivity contribution in [1.82, 2.24) is 24.7 Å². The number of anilines is 2. The van der Waals surface area contributed by atoms with Gasteiger partial charge in [-0.2, -0.15) is 10.1 Å². The molecule has 3 rings (SSSR count). The number of aromatic nitrogens is 5. The van der Waals surface area contributed by atoms with Gasteiger partial charge in [-0.3, -0.25) is 0 Å². The molecule has 0 fully saturated rings. The van der Waals surface area contributed by atoms with Gasteiger partial charge in [-0.25, -0.2) is 14.6 Å². The summed E-state index contributed by atoms with van der Waals surface area (Å²) >= 11 is 0. The molecule has 0 radical (unpaired) electrons. The van der Waals surface area contributed by atoms with Crippen molar-refractivity contribution < 1.29 is 0 Å². The van der Waals surface area contributed by atoms with Crippen molar-refractivity contribution in [3.63, 3.8) is 0 Å². The van der Waals surface area contributed by atoms with Crippen molar-refractivity contribution >= 4 is 11.8 Å². The molecule has 0 saturated carbocycles. The van der Waals surface area contributed by atoms with Gasteiger partial charge >= 0.3 is 0 Å². The predicted molar refractivity (Wildman–Crippen MR) is 86.2 cm³/mol. The number of hydrogen-bond donors (Lipinski definition) is 1. The maximum atomic E-state index is 4.56. The van der Waals surface area contributed by atoms with Gasteiger partial charge in [0.05, 0.1) is 6.54 Å². The van der Waals surface area contributed by atoms with Crippen molar-refractivity contribution in [1.29, 1.82) is 0 Å². The molecule has 2 aromatic heterocycles. The van der Waals surface area contributed by atoms with Crippen LogP contribution >= 0.6 is 0 Å². The number of nitrogens with one attached hydrogen (secondary N) is 1. The van der Waals surface area contributed by atoms with Crippen LogP contribution in [0.3, 0.4) is 0 Å². The molecule has 22 heavy (non-hydrogen) atoms. The molecule has 1 N–H and O–H groups in total. The summed E-state index contributed by atoms with van der Waals surface area (Å²) in [6.45, 7) is 4.89. The summed E-state index contributed by atoms with van der Waals surface area (Å²) in [6.07, 6.45) is 2.85. The highest BCUT2D eigenvalue weighted by Gasteiger charge is 2.22. The molecule has 0 bridgehead atoms. The van der Waals surface area contributed by atoms with Crippen molar-refractivity contribution in [2.45, 2.75) is 45.7 Å². The van der Waals surface area contributed by atoms with Gasteiger partial charge in [-0.05, 0) is 13.3 Å². The average molecular weight is 301 g/mol. The van der Waals surface area contributed by atoms with Gasteiger partial charge in [0.25, 0.3) is 0 Å². The largest absolute Gasteiger partial charge is 0.363 e. The normalized spacial score (nSPS) is 17.2. The Balaban J connectivity index is 1.74. The number of nitrogens with zero attached hydrogens (tertiary/aromatic N) is 6. The molecule has 0 spiro atoms. The third kappa shape index (κ3) is 3.03. The highest BCUT2D eigenvalue weighted by atomic mass is 15.4.